The topological polar surface area (TPSA) is 32.8 Å². The first-order valence-corrected chi connectivity index (χ1v) is 9.95. The minimum absolute atomic E-state index is 0.184. The highest BCUT2D eigenvalue weighted by Gasteiger charge is 2.36. The highest BCUT2D eigenvalue weighted by Crippen LogP contribution is 2.34. The number of hydrogen-bond acceptors (Lipinski definition) is 4. The SMILES string of the molecule is CC(=O)OC[C@H]1CN(Cc2ccccc2)CC[C@H]1N1CCc2ccccc21. The van der Waals surface area contributed by atoms with E-state index in [-0.39, 0.29) is 5.97 Å². The fourth-order valence-electron chi connectivity index (χ4n) is 4.59. The molecule has 4 rings (SSSR count). The van der Waals surface area contributed by atoms with Crippen LogP contribution in [0.1, 0.15) is 24.5 Å². The molecular weight excluding hydrogens is 336 g/mol. The van der Waals surface area contributed by atoms with Gasteiger partial charge in [0.15, 0.2) is 0 Å². The largest absolute Gasteiger partial charge is 0.465 e. The Morgan fingerprint density at radius 2 is 1.85 bits per heavy atom. The van der Waals surface area contributed by atoms with E-state index in [1.807, 2.05) is 0 Å². The van der Waals surface area contributed by atoms with E-state index in [1.54, 1.807) is 0 Å². The van der Waals surface area contributed by atoms with Gasteiger partial charge in [0, 0.05) is 50.7 Å². The molecule has 0 N–H and O–H groups in total. The van der Waals surface area contributed by atoms with E-state index in [2.05, 4.69) is 64.4 Å². The number of carbonyl (C=O) groups is 1. The number of benzene rings is 2. The van der Waals surface area contributed by atoms with Gasteiger partial charge in [-0.25, -0.2) is 0 Å². The molecule has 2 heterocycles. The lowest BCUT2D eigenvalue weighted by atomic mass is 9.90. The standard InChI is InChI=1S/C23H28N2O2/c1-18(26)27-17-21-16-24(15-19-7-3-2-4-8-19)13-12-23(21)25-14-11-20-9-5-6-10-22(20)25/h2-10,21,23H,11-17H2,1H3/t21-,23-/m1/s1. The molecule has 4 heteroatoms. The summed E-state index contributed by atoms with van der Waals surface area (Å²) in [4.78, 5) is 16.5. The van der Waals surface area contributed by atoms with Crippen LogP contribution in [0, 0.1) is 5.92 Å². The number of fused-ring (bicyclic) bond motifs is 1. The van der Waals surface area contributed by atoms with E-state index in [0.717, 1.165) is 39.0 Å². The first-order valence-electron chi connectivity index (χ1n) is 9.95. The molecule has 0 bridgehead atoms. The molecule has 1 fully saturated rings. The zero-order chi connectivity index (χ0) is 18.6. The van der Waals surface area contributed by atoms with Crippen LogP contribution in [0.3, 0.4) is 0 Å². The van der Waals surface area contributed by atoms with Gasteiger partial charge < -0.3 is 9.64 Å². The van der Waals surface area contributed by atoms with Gasteiger partial charge in [0.05, 0.1) is 6.61 Å². The van der Waals surface area contributed by atoms with Crippen molar-refractivity contribution in [3.05, 3.63) is 65.7 Å². The molecule has 0 amide bonds. The van der Waals surface area contributed by atoms with Gasteiger partial charge in [0.1, 0.15) is 0 Å². The lowest BCUT2D eigenvalue weighted by Gasteiger charge is -2.43. The Morgan fingerprint density at radius 3 is 2.67 bits per heavy atom. The fraction of sp³-hybridized carbons (Fsp3) is 0.435. The number of nitrogens with zero attached hydrogens (tertiary/aromatic N) is 2. The van der Waals surface area contributed by atoms with Gasteiger partial charge in [-0.1, -0.05) is 48.5 Å². The predicted octanol–water partition coefficient (Wildman–Crippen LogP) is 3.50. The second-order valence-corrected chi connectivity index (χ2v) is 7.71. The minimum Gasteiger partial charge on any atom is -0.465 e. The first-order chi connectivity index (χ1) is 13.2. The van der Waals surface area contributed by atoms with Crippen molar-refractivity contribution >= 4 is 11.7 Å². The normalized spacial score (nSPS) is 22.5. The molecule has 2 aliphatic rings. The van der Waals surface area contributed by atoms with Crippen LogP contribution >= 0.6 is 0 Å². The van der Waals surface area contributed by atoms with E-state index in [9.17, 15) is 4.79 Å². The molecular formula is C23H28N2O2. The molecule has 2 atom stereocenters. The maximum absolute atomic E-state index is 11.4. The Kier molecular flexibility index (Phi) is 5.44. The average Bonchev–Trinajstić information content (AvgIpc) is 3.11. The van der Waals surface area contributed by atoms with Crippen LogP contribution < -0.4 is 4.90 Å². The van der Waals surface area contributed by atoms with Gasteiger partial charge in [-0.2, -0.15) is 0 Å². The Morgan fingerprint density at radius 1 is 1.07 bits per heavy atom. The highest BCUT2D eigenvalue weighted by atomic mass is 16.5. The Bertz CT molecular complexity index is 777. The lowest BCUT2D eigenvalue weighted by Crippen LogP contribution is -2.52. The maximum atomic E-state index is 11.4. The summed E-state index contributed by atoms with van der Waals surface area (Å²) in [6.07, 6.45) is 2.22. The predicted molar refractivity (Wildman–Crippen MR) is 108 cm³/mol. The summed E-state index contributed by atoms with van der Waals surface area (Å²) >= 11 is 0. The third-order valence-corrected chi connectivity index (χ3v) is 5.85. The van der Waals surface area contributed by atoms with Crippen molar-refractivity contribution in [3.63, 3.8) is 0 Å². The number of esters is 1. The number of rotatable bonds is 5. The molecule has 142 valence electrons. The number of anilines is 1. The summed E-state index contributed by atoms with van der Waals surface area (Å²) in [5, 5.41) is 0. The summed E-state index contributed by atoms with van der Waals surface area (Å²) in [7, 11) is 0. The Hall–Kier alpha value is -2.33. The summed E-state index contributed by atoms with van der Waals surface area (Å²) in [5.41, 5.74) is 4.15. The van der Waals surface area contributed by atoms with Gasteiger partial charge in [-0.3, -0.25) is 9.69 Å². The molecule has 4 nitrogen and oxygen atoms in total. The summed E-state index contributed by atoms with van der Waals surface area (Å²) < 4.78 is 5.47. The van der Waals surface area contributed by atoms with Crippen molar-refractivity contribution in [3.8, 4) is 0 Å². The van der Waals surface area contributed by atoms with Gasteiger partial charge in [-0.05, 0) is 30.0 Å². The van der Waals surface area contributed by atoms with Crippen molar-refractivity contribution < 1.29 is 9.53 Å². The molecule has 0 saturated carbocycles. The maximum Gasteiger partial charge on any atom is 0.302 e. The number of piperidine rings is 1. The van der Waals surface area contributed by atoms with Gasteiger partial charge in [-0.15, -0.1) is 0 Å². The van der Waals surface area contributed by atoms with Crippen LogP contribution in [0.4, 0.5) is 5.69 Å². The summed E-state index contributed by atoms with van der Waals surface area (Å²) in [5.74, 6) is 0.147. The van der Waals surface area contributed by atoms with Crippen LogP contribution in [0.15, 0.2) is 54.6 Å². The number of ether oxygens (including phenoxy) is 1. The molecule has 2 aromatic carbocycles. The molecule has 1 saturated heterocycles. The van der Waals surface area contributed by atoms with E-state index in [1.165, 1.54) is 23.7 Å². The van der Waals surface area contributed by atoms with Crippen LogP contribution in [0.25, 0.3) is 0 Å². The molecule has 2 aromatic rings. The second-order valence-electron chi connectivity index (χ2n) is 7.71. The van der Waals surface area contributed by atoms with Crippen LogP contribution in [0.2, 0.25) is 0 Å². The monoisotopic (exact) mass is 364 g/mol. The smallest absolute Gasteiger partial charge is 0.302 e. The van der Waals surface area contributed by atoms with Gasteiger partial charge in [0.2, 0.25) is 0 Å². The summed E-state index contributed by atoms with van der Waals surface area (Å²) in [6.45, 7) is 6.08. The van der Waals surface area contributed by atoms with E-state index >= 15 is 0 Å². The summed E-state index contributed by atoms with van der Waals surface area (Å²) in [6, 6.07) is 19.8. The third-order valence-electron chi connectivity index (χ3n) is 5.85. The fourth-order valence-corrected chi connectivity index (χ4v) is 4.59. The first kappa shape index (κ1) is 18.1. The quantitative estimate of drug-likeness (QED) is 0.760. The molecule has 0 radical (unpaired) electrons. The van der Waals surface area contributed by atoms with E-state index < -0.39 is 0 Å². The second kappa shape index (κ2) is 8.13. The van der Waals surface area contributed by atoms with Crippen LogP contribution in [-0.4, -0.2) is 43.2 Å². The molecule has 2 aliphatic heterocycles. The lowest BCUT2D eigenvalue weighted by molar-refractivity contribution is -0.143. The number of carbonyl (C=O) groups excluding carboxylic acids is 1. The zero-order valence-corrected chi connectivity index (χ0v) is 16.0. The van der Waals surface area contributed by atoms with E-state index in [4.69, 9.17) is 4.74 Å². The number of likely N-dealkylation sites (tertiary alicyclic amines) is 1. The Labute approximate surface area is 161 Å². The van der Waals surface area contributed by atoms with Crippen LogP contribution in [0.5, 0.6) is 0 Å². The molecule has 0 aromatic heterocycles. The van der Waals surface area contributed by atoms with Gasteiger partial charge in [0.25, 0.3) is 0 Å². The molecule has 27 heavy (non-hydrogen) atoms. The molecule has 0 aliphatic carbocycles. The highest BCUT2D eigenvalue weighted by molar-refractivity contribution is 5.66. The van der Waals surface area contributed by atoms with Crippen molar-refractivity contribution in [2.45, 2.75) is 32.4 Å². The average molecular weight is 364 g/mol. The van der Waals surface area contributed by atoms with Gasteiger partial charge >= 0.3 is 5.97 Å². The molecule has 0 spiro atoms. The Balaban J connectivity index is 1.49. The van der Waals surface area contributed by atoms with E-state index in [0.29, 0.717) is 18.6 Å². The zero-order valence-electron chi connectivity index (χ0n) is 16.0. The number of para-hydroxylation sites is 1. The van der Waals surface area contributed by atoms with Crippen molar-refractivity contribution in [2.24, 2.45) is 5.92 Å². The van der Waals surface area contributed by atoms with Crippen LogP contribution in [-0.2, 0) is 22.5 Å². The van der Waals surface area contributed by atoms with Crippen molar-refractivity contribution in [1.82, 2.24) is 4.90 Å². The molecule has 0 unspecified atom stereocenters. The number of hydrogen-bond donors (Lipinski definition) is 0. The van der Waals surface area contributed by atoms with Crippen molar-refractivity contribution in [1.29, 1.82) is 0 Å². The third kappa shape index (κ3) is 4.16. The minimum atomic E-state index is -0.184. The van der Waals surface area contributed by atoms with Crippen molar-refractivity contribution in [2.75, 3.05) is 31.1 Å².